The van der Waals surface area contributed by atoms with Crippen LogP contribution in [0.2, 0.25) is 0 Å². The first kappa shape index (κ1) is 14.8. The Hall–Kier alpha value is -2.76. The Labute approximate surface area is 141 Å². The zero-order valence-corrected chi connectivity index (χ0v) is 13.8. The van der Waals surface area contributed by atoms with E-state index in [9.17, 15) is 0 Å². The van der Waals surface area contributed by atoms with Gasteiger partial charge in [0.05, 0.1) is 17.2 Å². The van der Waals surface area contributed by atoms with Crippen LogP contribution in [-0.4, -0.2) is 46.1 Å². The number of anilines is 2. The van der Waals surface area contributed by atoms with E-state index in [1.54, 1.807) is 6.33 Å². The highest BCUT2D eigenvalue weighted by Crippen LogP contribution is 2.19. The van der Waals surface area contributed by atoms with Gasteiger partial charge in [0.15, 0.2) is 0 Å². The van der Waals surface area contributed by atoms with Crippen molar-refractivity contribution in [3.63, 3.8) is 0 Å². The van der Waals surface area contributed by atoms with Gasteiger partial charge in [-0.05, 0) is 18.6 Å². The number of para-hydroxylation sites is 2. The fraction of sp³-hybridized carbons (Fsp3) is 0.333. The van der Waals surface area contributed by atoms with E-state index in [1.165, 1.54) is 0 Å². The highest BCUT2D eigenvalue weighted by Gasteiger charge is 2.19. The molecule has 0 atom stereocenters. The summed E-state index contributed by atoms with van der Waals surface area (Å²) in [7, 11) is 0. The minimum Gasteiger partial charge on any atom is -0.353 e. The SMILES string of the molecule is CCc1cc(N2CCN(c3cnc4ccccc4n3)CC2)ncn1. The number of nitrogens with zero attached hydrogens (tertiary/aromatic N) is 6. The third kappa shape index (κ3) is 2.87. The molecule has 2 aromatic heterocycles. The molecule has 0 saturated carbocycles. The van der Waals surface area contributed by atoms with Crippen LogP contribution in [0.3, 0.4) is 0 Å². The Morgan fingerprint density at radius 2 is 1.58 bits per heavy atom. The molecule has 122 valence electrons. The van der Waals surface area contributed by atoms with Crippen molar-refractivity contribution in [3.8, 4) is 0 Å². The van der Waals surface area contributed by atoms with Crippen molar-refractivity contribution < 1.29 is 0 Å². The van der Waals surface area contributed by atoms with Gasteiger partial charge >= 0.3 is 0 Å². The first-order chi connectivity index (χ1) is 11.8. The second kappa shape index (κ2) is 6.39. The molecule has 0 N–H and O–H groups in total. The average Bonchev–Trinajstić information content (AvgIpc) is 2.68. The van der Waals surface area contributed by atoms with Crippen LogP contribution in [0.25, 0.3) is 11.0 Å². The molecule has 1 aliphatic heterocycles. The van der Waals surface area contributed by atoms with Gasteiger partial charge in [0.1, 0.15) is 18.0 Å². The van der Waals surface area contributed by atoms with Gasteiger partial charge in [-0.15, -0.1) is 0 Å². The smallest absolute Gasteiger partial charge is 0.147 e. The summed E-state index contributed by atoms with van der Waals surface area (Å²) in [5, 5.41) is 0. The Morgan fingerprint density at radius 1 is 0.875 bits per heavy atom. The molecule has 1 aromatic carbocycles. The standard InChI is InChI=1S/C18H20N6/c1-2-14-11-17(21-13-20-14)23-7-9-24(10-8-23)18-12-19-15-5-3-4-6-16(15)22-18/h3-6,11-13H,2,7-10H2,1H3. The predicted molar refractivity (Wildman–Crippen MR) is 95.4 cm³/mol. The lowest BCUT2D eigenvalue weighted by atomic mass is 10.2. The molecule has 1 saturated heterocycles. The number of fused-ring (bicyclic) bond motifs is 1. The van der Waals surface area contributed by atoms with E-state index >= 15 is 0 Å². The van der Waals surface area contributed by atoms with Crippen molar-refractivity contribution in [1.29, 1.82) is 0 Å². The molecule has 3 heterocycles. The van der Waals surface area contributed by atoms with Crippen molar-refractivity contribution in [2.75, 3.05) is 36.0 Å². The normalized spacial score (nSPS) is 15.0. The molecule has 0 spiro atoms. The summed E-state index contributed by atoms with van der Waals surface area (Å²) >= 11 is 0. The summed E-state index contributed by atoms with van der Waals surface area (Å²) in [6.45, 7) is 5.79. The molecule has 6 nitrogen and oxygen atoms in total. The van der Waals surface area contributed by atoms with Gasteiger partial charge in [-0.1, -0.05) is 19.1 Å². The molecule has 24 heavy (non-hydrogen) atoms. The van der Waals surface area contributed by atoms with Crippen molar-refractivity contribution in [2.45, 2.75) is 13.3 Å². The third-order valence-electron chi connectivity index (χ3n) is 4.44. The molecule has 4 rings (SSSR count). The summed E-state index contributed by atoms with van der Waals surface area (Å²) in [6, 6.07) is 10.1. The molecule has 0 amide bonds. The van der Waals surface area contributed by atoms with Crippen molar-refractivity contribution in [1.82, 2.24) is 19.9 Å². The van der Waals surface area contributed by atoms with E-state index in [2.05, 4.69) is 37.7 Å². The first-order valence-electron chi connectivity index (χ1n) is 8.36. The lowest BCUT2D eigenvalue weighted by Crippen LogP contribution is -2.47. The Morgan fingerprint density at radius 3 is 2.33 bits per heavy atom. The Kier molecular flexibility index (Phi) is 3.94. The number of benzene rings is 1. The van der Waals surface area contributed by atoms with Gasteiger partial charge in [-0.3, -0.25) is 4.98 Å². The number of hydrogen-bond donors (Lipinski definition) is 0. The summed E-state index contributed by atoms with van der Waals surface area (Å²) in [5.41, 5.74) is 2.97. The van der Waals surface area contributed by atoms with E-state index in [-0.39, 0.29) is 0 Å². The maximum Gasteiger partial charge on any atom is 0.147 e. The van der Waals surface area contributed by atoms with Gasteiger partial charge < -0.3 is 9.80 Å². The molecule has 3 aromatic rings. The molecule has 0 bridgehead atoms. The van der Waals surface area contributed by atoms with Crippen LogP contribution in [0.4, 0.5) is 11.6 Å². The zero-order chi connectivity index (χ0) is 16.4. The van der Waals surface area contributed by atoms with Crippen LogP contribution >= 0.6 is 0 Å². The van der Waals surface area contributed by atoms with Crippen LogP contribution in [0.15, 0.2) is 42.9 Å². The number of aromatic nitrogens is 4. The van der Waals surface area contributed by atoms with E-state index in [1.807, 2.05) is 30.5 Å². The van der Waals surface area contributed by atoms with E-state index < -0.39 is 0 Å². The number of hydrogen-bond acceptors (Lipinski definition) is 6. The number of rotatable bonds is 3. The minimum absolute atomic E-state index is 0.915. The Balaban J connectivity index is 1.48. The van der Waals surface area contributed by atoms with E-state index in [0.29, 0.717) is 0 Å². The molecular formula is C18H20N6. The van der Waals surface area contributed by atoms with Gasteiger partial charge in [0.25, 0.3) is 0 Å². The molecule has 1 aliphatic rings. The van der Waals surface area contributed by atoms with E-state index in [0.717, 1.165) is 61.0 Å². The van der Waals surface area contributed by atoms with Crippen LogP contribution in [0, 0.1) is 0 Å². The van der Waals surface area contributed by atoms with Gasteiger partial charge in [-0.25, -0.2) is 15.0 Å². The first-order valence-corrected chi connectivity index (χ1v) is 8.36. The predicted octanol–water partition coefficient (Wildman–Crippen LogP) is 2.31. The topological polar surface area (TPSA) is 58.0 Å². The zero-order valence-electron chi connectivity index (χ0n) is 13.8. The van der Waals surface area contributed by atoms with Crippen LogP contribution < -0.4 is 9.80 Å². The second-order valence-electron chi connectivity index (χ2n) is 5.91. The second-order valence-corrected chi connectivity index (χ2v) is 5.91. The monoisotopic (exact) mass is 320 g/mol. The molecule has 1 fully saturated rings. The number of piperazine rings is 1. The summed E-state index contributed by atoms with van der Waals surface area (Å²) in [5.74, 6) is 1.97. The van der Waals surface area contributed by atoms with Crippen molar-refractivity contribution in [3.05, 3.63) is 48.5 Å². The Bertz CT molecular complexity index is 842. The fourth-order valence-corrected chi connectivity index (χ4v) is 3.02. The fourth-order valence-electron chi connectivity index (χ4n) is 3.02. The summed E-state index contributed by atoms with van der Waals surface area (Å²) in [6.07, 6.45) is 4.47. The minimum atomic E-state index is 0.915. The summed E-state index contributed by atoms with van der Waals surface area (Å²) < 4.78 is 0. The lowest BCUT2D eigenvalue weighted by Gasteiger charge is -2.36. The van der Waals surface area contributed by atoms with E-state index in [4.69, 9.17) is 4.98 Å². The van der Waals surface area contributed by atoms with Crippen LogP contribution in [0.5, 0.6) is 0 Å². The maximum atomic E-state index is 4.74. The quantitative estimate of drug-likeness (QED) is 0.738. The molecule has 6 heteroatoms. The largest absolute Gasteiger partial charge is 0.353 e. The highest BCUT2D eigenvalue weighted by atomic mass is 15.3. The molecule has 0 radical (unpaired) electrons. The van der Waals surface area contributed by atoms with Crippen molar-refractivity contribution >= 4 is 22.7 Å². The van der Waals surface area contributed by atoms with Crippen LogP contribution in [0.1, 0.15) is 12.6 Å². The molecule has 0 unspecified atom stereocenters. The highest BCUT2D eigenvalue weighted by molar-refractivity contribution is 5.75. The maximum absolute atomic E-state index is 4.74. The molecule has 0 aliphatic carbocycles. The van der Waals surface area contributed by atoms with Crippen LogP contribution in [-0.2, 0) is 6.42 Å². The molecular weight excluding hydrogens is 300 g/mol. The van der Waals surface area contributed by atoms with Crippen molar-refractivity contribution in [2.24, 2.45) is 0 Å². The third-order valence-corrected chi connectivity index (χ3v) is 4.44. The number of aryl methyl sites for hydroxylation is 1. The van der Waals surface area contributed by atoms with Gasteiger partial charge in [0.2, 0.25) is 0 Å². The van der Waals surface area contributed by atoms with Gasteiger partial charge in [0, 0.05) is 37.9 Å². The summed E-state index contributed by atoms with van der Waals surface area (Å²) in [4.78, 5) is 22.6. The average molecular weight is 320 g/mol. The van der Waals surface area contributed by atoms with Gasteiger partial charge in [-0.2, -0.15) is 0 Å². The lowest BCUT2D eigenvalue weighted by molar-refractivity contribution is 0.640.